The summed E-state index contributed by atoms with van der Waals surface area (Å²) in [6.07, 6.45) is 2.91. The van der Waals surface area contributed by atoms with Gasteiger partial charge < -0.3 is 10.1 Å². The summed E-state index contributed by atoms with van der Waals surface area (Å²) in [5.41, 5.74) is 2.20. The molecule has 102 valence electrons. The number of nitrogens with one attached hydrogen (secondary N) is 1. The summed E-state index contributed by atoms with van der Waals surface area (Å²) >= 11 is 4.10. The Morgan fingerprint density at radius 3 is 3.00 bits per heavy atom. The van der Waals surface area contributed by atoms with Crippen molar-refractivity contribution in [3.63, 3.8) is 0 Å². The van der Waals surface area contributed by atoms with Gasteiger partial charge in [0.2, 0.25) is 0 Å². The minimum atomic E-state index is 0.0934. The average molecular weight is 388 g/mol. The van der Waals surface area contributed by atoms with Crippen LogP contribution in [0.1, 0.15) is 30.6 Å². The van der Waals surface area contributed by atoms with Crippen LogP contribution >= 0.6 is 33.9 Å². The predicted molar refractivity (Wildman–Crippen MR) is 88.0 cm³/mol. The second-order valence-corrected chi connectivity index (χ2v) is 6.97. The first kappa shape index (κ1) is 14.7. The highest BCUT2D eigenvalue weighted by Gasteiger charge is 2.19. The topological polar surface area (TPSA) is 34.2 Å². The molecule has 0 fully saturated rings. The maximum atomic E-state index is 5.43. The lowest BCUT2D eigenvalue weighted by Gasteiger charge is -2.19. The van der Waals surface area contributed by atoms with Crippen LogP contribution in [0.2, 0.25) is 0 Å². The number of hydrogen-bond acceptors (Lipinski definition) is 4. The molecule has 0 aliphatic heterocycles. The second kappa shape index (κ2) is 7.21. The van der Waals surface area contributed by atoms with Gasteiger partial charge in [0, 0.05) is 6.20 Å². The summed E-state index contributed by atoms with van der Waals surface area (Å²) in [5.74, 6) is 0.831. The molecule has 0 aromatic carbocycles. The van der Waals surface area contributed by atoms with Gasteiger partial charge in [0.05, 0.1) is 16.0 Å². The molecule has 2 heterocycles. The Bertz CT molecular complexity index is 530. The average Bonchev–Trinajstić information content (AvgIpc) is 2.86. The van der Waals surface area contributed by atoms with Crippen molar-refractivity contribution in [2.24, 2.45) is 0 Å². The molecule has 1 atom stereocenters. The monoisotopic (exact) mass is 388 g/mol. The van der Waals surface area contributed by atoms with Crippen LogP contribution in [-0.4, -0.2) is 18.6 Å². The SMILES string of the molecule is CCCNC(c1csc(I)c1)c1ncccc1OC. The Labute approximate surface area is 131 Å². The molecule has 5 heteroatoms. The van der Waals surface area contributed by atoms with Crippen molar-refractivity contribution >= 4 is 33.9 Å². The van der Waals surface area contributed by atoms with Crippen molar-refractivity contribution in [1.29, 1.82) is 0 Å². The van der Waals surface area contributed by atoms with E-state index in [1.165, 1.54) is 8.45 Å². The summed E-state index contributed by atoms with van der Waals surface area (Å²) in [4.78, 5) is 4.50. The molecule has 0 saturated heterocycles. The first-order valence-corrected chi connectivity index (χ1v) is 8.18. The number of aromatic nitrogens is 1. The third kappa shape index (κ3) is 3.67. The van der Waals surface area contributed by atoms with Gasteiger partial charge in [0.1, 0.15) is 11.4 Å². The number of halogens is 1. The van der Waals surface area contributed by atoms with E-state index in [1.807, 2.05) is 18.3 Å². The Morgan fingerprint density at radius 1 is 1.53 bits per heavy atom. The van der Waals surface area contributed by atoms with Crippen LogP contribution < -0.4 is 10.1 Å². The Kier molecular flexibility index (Phi) is 5.59. The van der Waals surface area contributed by atoms with Crippen molar-refractivity contribution in [3.8, 4) is 5.75 Å². The summed E-state index contributed by atoms with van der Waals surface area (Å²) in [5, 5.41) is 5.73. The molecule has 1 N–H and O–H groups in total. The molecular weight excluding hydrogens is 371 g/mol. The molecule has 1 unspecified atom stereocenters. The van der Waals surface area contributed by atoms with E-state index in [4.69, 9.17) is 4.74 Å². The highest BCUT2D eigenvalue weighted by Crippen LogP contribution is 2.31. The first-order valence-electron chi connectivity index (χ1n) is 6.22. The fraction of sp³-hybridized carbons (Fsp3) is 0.357. The summed E-state index contributed by atoms with van der Waals surface area (Å²) in [6, 6.07) is 6.15. The second-order valence-electron chi connectivity index (χ2n) is 4.16. The smallest absolute Gasteiger partial charge is 0.142 e. The number of nitrogens with zero attached hydrogens (tertiary/aromatic N) is 1. The number of rotatable bonds is 6. The van der Waals surface area contributed by atoms with Crippen molar-refractivity contribution in [2.45, 2.75) is 19.4 Å². The summed E-state index contributed by atoms with van der Waals surface area (Å²) in [6.45, 7) is 3.12. The maximum absolute atomic E-state index is 5.43. The Balaban J connectivity index is 2.36. The van der Waals surface area contributed by atoms with E-state index >= 15 is 0 Å². The summed E-state index contributed by atoms with van der Waals surface area (Å²) in [7, 11) is 1.69. The minimum absolute atomic E-state index is 0.0934. The zero-order valence-corrected chi connectivity index (χ0v) is 14.0. The van der Waals surface area contributed by atoms with Crippen LogP contribution in [-0.2, 0) is 0 Å². The molecular formula is C14H17IN2OS. The number of pyridine rings is 1. The van der Waals surface area contributed by atoms with E-state index in [0.29, 0.717) is 0 Å². The van der Waals surface area contributed by atoms with Crippen LogP contribution in [0, 0.1) is 2.88 Å². The fourth-order valence-corrected chi connectivity index (χ4v) is 3.33. The van der Waals surface area contributed by atoms with E-state index in [2.05, 4.69) is 51.3 Å². The van der Waals surface area contributed by atoms with Gasteiger partial charge in [-0.2, -0.15) is 0 Å². The first-order chi connectivity index (χ1) is 9.26. The third-order valence-corrected chi connectivity index (χ3v) is 4.62. The highest BCUT2D eigenvalue weighted by atomic mass is 127. The van der Waals surface area contributed by atoms with Crippen LogP contribution in [0.25, 0.3) is 0 Å². The van der Waals surface area contributed by atoms with Gasteiger partial charge in [-0.05, 0) is 64.7 Å². The van der Waals surface area contributed by atoms with Gasteiger partial charge in [-0.15, -0.1) is 11.3 Å². The van der Waals surface area contributed by atoms with Gasteiger partial charge in [-0.1, -0.05) is 6.92 Å². The Hall–Kier alpha value is -0.660. The molecule has 0 spiro atoms. The predicted octanol–water partition coefficient (Wildman–Crippen LogP) is 3.85. The standard InChI is InChI=1S/C14H17IN2OS/c1-3-6-16-13(10-8-12(15)19-9-10)14-11(18-2)5-4-7-17-14/h4-5,7-9,13,16H,3,6H2,1-2H3. The largest absolute Gasteiger partial charge is 0.495 e. The van der Waals surface area contributed by atoms with Crippen LogP contribution in [0.3, 0.4) is 0 Å². The van der Waals surface area contributed by atoms with E-state index in [0.717, 1.165) is 24.4 Å². The van der Waals surface area contributed by atoms with Gasteiger partial charge in [-0.25, -0.2) is 0 Å². The van der Waals surface area contributed by atoms with Crippen molar-refractivity contribution in [2.75, 3.05) is 13.7 Å². The van der Waals surface area contributed by atoms with Crippen LogP contribution in [0.5, 0.6) is 5.75 Å². The quantitative estimate of drug-likeness (QED) is 0.764. The number of methoxy groups -OCH3 is 1. The van der Waals surface area contributed by atoms with E-state index in [9.17, 15) is 0 Å². The number of ether oxygens (including phenoxy) is 1. The molecule has 2 aromatic rings. The molecule has 2 rings (SSSR count). The third-order valence-electron chi connectivity index (χ3n) is 2.81. The van der Waals surface area contributed by atoms with E-state index in [-0.39, 0.29) is 6.04 Å². The molecule has 3 nitrogen and oxygen atoms in total. The Morgan fingerprint density at radius 2 is 2.37 bits per heavy atom. The zero-order chi connectivity index (χ0) is 13.7. The van der Waals surface area contributed by atoms with Crippen molar-refractivity contribution < 1.29 is 4.74 Å². The van der Waals surface area contributed by atoms with E-state index < -0.39 is 0 Å². The minimum Gasteiger partial charge on any atom is -0.495 e. The normalized spacial score (nSPS) is 12.4. The van der Waals surface area contributed by atoms with Gasteiger partial charge in [-0.3, -0.25) is 4.98 Å². The van der Waals surface area contributed by atoms with Crippen LogP contribution in [0.4, 0.5) is 0 Å². The lowest BCUT2D eigenvalue weighted by atomic mass is 10.1. The zero-order valence-electron chi connectivity index (χ0n) is 11.0. The molecule has 0 radical (unpaired) electrons. The highest BCUT2D eigenvalue weighted by molar-refractivity contribution is 14.1. The molecule has 0 amide bonds. The van der Waals surface area contributed by atoms with E-state index in [1.54, 1.807) is 18.4 Å². The van der Waals surface area contributed by atoms with Gasteiger partial charge in [0.25, 0.3) is 0 Å². The maximum Gasteiger partial charge on any atom is 0.142 e. The summed E-state index contributed by atoms with van der Waals surface area (Å²) < 4.78 is 6.72. The van der Waals surface area contributed by atoms with Crippen molar-refractivity contribution in [1.82, 2.24) is 10.3 Å². The molecule has 0 saturated carbocycles. The van der Waals surface area contributed by atoms with Crippen LogP contribution in [0.15, 0.2) is 29.8 Å². The lowest BCUT2D eigenvalue weighted by molar-refractivity contribution is 0.400. The van der Waals surface area contributed by atoms with Gasteiger partial charge in [0.15, 0.2) is 0 Å². The molecule has 19 heavy (non-hydrogen) atoms. The molecule has 0 aliphatic carbocycles. The van der Waals surface area contributed by atoms with Crippen molar-refractivity contribution in [3.05, 3.63) is 43.9 Å². The number of thiophene rings is 1. The molecule has 0 bridgehead atoms. The molecule has 0 aliphatic rings. The number of hydrogen-bond donors (Lipinski definition) is 1. The fourth-order valence-electron chi connectivity index (χ4n) is 1.93. The molecule has 2 aromatic heterocycles. The lowest BCUT2D eigenvalue weighted by Crippen LogP contribution is -2.24. The van der Waals surface area contributed by atoms with Gasteiger partial charge >= 0.3 is 0 Å².